The van der Waals surface area contributed by atoms with E-state index in [0.717, 1.165) is 47.8 Å². The van der Waals surface area contributed by atoms with E-state index < -0.39 is 42.0 Å². The third-order valence-corrected chi connectivity index (χ3v) is 10.0. The van der Waals surface area contributed by atoms with Crippen LogP contribution in [0.2, 0.25) is 0 Å². The molecule has 3 amide bonds. The van der Waals surface area contributed by atoms with Crippen molar-refractivity contribution in [2.45, 2.75) is 109 Å². The van der Waals surface area contributed by atoms with Crippen LogP contribution in [0.3, 0.4) is 0 Å². The summed E-state index contributed by atoms with van der Waals surface area (Å²) in [6.07, 6.45) is 10.6. The van der Waals surface area contributed by atoms with Gasteiger partial charge >= 0.3 is 0 Å². The quantitative estimate of drug-likeness (QED) is 0.135. The third-order valence-electron chi connectivity index (χ3n) is 10.0. The summed E-state index contributed by atoms with van der Waals surface area (Å²) in [5.74, 6) is 1.08. The second-order valence-electron chi connectivity index (χ2n) is 14.7. The Morgan fingerprint density at radius 1 is 0.941 bits per heavy atom. The summed E-state index contributed by atoms with van der Waals surface area (Å²) in [6, 6.07) is 19.6. The molecule has 0 radical (unpaired) electrons. The Kier molecular flexibility index (Phi) is 15.5. The molecule has 0 spiro atoms. The maximum Gasteiger partial charge on any atom is 0.243 e. The molecule has 1 aliphatic rings. The van der Waals surface area contributed by atoms with Gasteiger partial charge in [-0.25, -0.2) is 0 Å². The lowest BCUT2D eigenvalue weighted by Crippen LogP contribution is -2.56. The van der Waals surface area contributed by atoms with Gasteiger partial charge in [-0.2, -0.15) is 0 Å². The molecule has 0 unspecified atom stereocenters. The van der Waals surface area contributed by atoms with Crippen molar-refractivity contribution in [1.29, 1.82) is 0 Å². The fraction of sp³-hybridized carbons (Fsp3) is 0.524. The molecule has 0 saturated heterocycles. The van der Waals surface area contributed by atoms with Crippen LogP contribution in [-0.4, -0.2) is 75.7 Å². The summed E-state index contributed by atoms with van der Waals surface area (Å²) in [5, 5.41) is 28.9. The van der Waals surface area contributed by atoms with E-state index in [-0.39, 0.29) is 24.7 Å². The van der Waals surface area contributed by atoms with Crippen molar-refractivity contribution in [3.8, 4) is 12.3 Å². The maximum atomic E-state index is 13.9. The number of pyridine rings is 1. The van der Waals surface area contributed by atoms with Crippen LogP contribution in [0, 0.1) is 30.1 Å². The first-order valence-corrected chi connectivity index (χ1v) is 18.6. The Labute approximate surface area is 303 Å². The molecule has 9 nitrogen and oxygen atoms in total. The average molecular weight is 697 g/mol. The molecule has 5 atom stereocenters. The number of benzene rings is 2. The smallest absolute Gasteiger partial charge is 0.243 e. The van der Waals surface area contributed by atoms with E-state index >= 15 is 0 Å². The van der Waals surface area contributed by atoms with Crippen molar-refractivity contribution in [3.63, 3.8) is 0 Å². The number of terminal acetylenes is 1. The number of hydrogen-bond donors (Lipinski definition) is 4. The number of nitrogens with one attached hydrogen (secondary N) is 2. The van der Waals surface area contributed by atoms with E-state index in [1.807, 2.05) is 80.6 Å². The molecule has 1 heterocycles. The number of aliphatic hydroxyl groups is 2. The van der Waals surface area contributed by atoms with Crippen molar-refractivity contribution < 1.29 is 24.6 Å². The highest BCUT2D eigenvalue weighted by Crippen LogP contribution is 2.29. The molecule has 2 aromatic carbocycles. The van der Waals surface area contributed by atoms with Crippen molar-refractivity contribution in [3.05, 3.63) is 78.0 Å². The van der Waals surface area contributed by atoms with Gasteiger partial charge < -0.3 is 25.7 Å². The number of hydrogen-bond acceptors (Lipinski definition) is 6. The molecular formula is C42H56N4O5. The second kappa shape index (κ2) is 20.0. The Morgan fingerprint density at radius 3 is 2.35 bits per heavy atom. The zero-order chi connectivity index (χ0) is 36.8. The van der Waals surface area contributed by atoms with E-state index in [4.69, 9.17) is 11.4 Å². The van der Waals surface area contributed by atoms with Crippen LogP contribution in [0.1, 0.15) is 82.9 Å². The number of nitrogens with zero attached hydrogens (tertiary/aromatic N) is 2. The number of carbonyl (C=O) groups is 3. The molecule has 1 saturated carbocycles. The molecule has 1 aromatic heterocycles. The minimum Gasteiger partial charge on any atom is -0.390 e. The summed E-state index contributed by atoms with van der Waals surface area (Å²) >= 11 is 0. The lowest BCUT2D eigenvalue weighted by atomic mass is 9.82. The Morgan fingerprint density at radius 2 is 1.65 bits per heavy atom. The number of rotatable bonds is 18. The second-order valence-corrected chi connectivity index (χ2v) is 14.7. The maximum absolute atomic E-state index is 13.9. The standard InChI is InChI=1S/C42H56N4O5/c1-5-14-36(42(51)45-37(27-31-17-10-7-11-18-31)40(49)38(47)25-29(2)3)44-41(50)33(26-30-15-8-6-9-16-30)28-39(48)46(4)24-23-34-22-21-32-19-12-13-20-35(32)43-34/h1,6,8-9,12-13,15-16,19-22,29,31,33,36-38,40,47,49H,7,10-11,14,17-18,23-28H2,2-4H3,(H,44,50)(H,45,51)/t33-,36+,37+,38+,40-/m1/s1. The lowest BCUT2D eigenvalue weighted by Gasteiger charge is -2.33. The molecule has 274 valence electrons. The predicted octanol–water partition coefficient (Wildman–Crippen LogP) is 5.22. The van der Waals surface area contributed by atoms with Gasteiger partial charge in [-0.1, -0.05) is 101 Å². The topological polar surface area (TPSA) is 132 Å². The van der Waals surface area contributed by atoms with Crippen LogP contribution in [-0.2, 0) is 27.2 Å². The largest absolute Gasteiger partial charge is 0.390 e. The highest BCUT2D eigenvalue weighted by Gasteiger charge is 2.34. The molecule has 1 fully saturated rings. The Bertz CT molecular complexity index is 1600. The van der Waals surface area contributed by atoms with Gasteiger partial charge in [0, 0.05) is 43.9 Å². The van der Waals surface area contributed by atoms with E-state index in [9.17, 15) is 24.6 Å². The van der Waals surface area contributed by atoms with Gasteiger partial charge in [0.1, 0.15) is 12.1 Å². The van der Waals surface area contributed by atoms with Crippen LogP contribution in [0.25, 0.3) is 10.9 Å². The van der Waals surface area contributed by atoms with Gasteiger partial charge in [-0.05, 0) is 48.8 Å². The number of aliphatic hydroxyl groups excluding tert-OH is 2. The minimum absolute atomic E-state index is 0.0584. The van der Waals surface area contributed by atoms with E-state index in [2.05, 4.69) is 16.6 Å². The first-order valence-electron chi connectivity index (χ1n) is 18.6. The van der Waals surface area contributed by atoms with Gasteiger partial charge in [0.15, 0.2) is 0 Å². The Hall–Kier alpha value is -4.26. The van der Waals surface area contributed by atoms with Crippen molar-refractivity contribution in [2.24, 2.45) is 17.8 Å². The Balaban J connectivity index is 1.45. The first kappa shape index (κ1) is 39.5. The van der Waals surface area contributed by atoms with Gasteiger partial charge in [-0.15, -0.1) is 12.3 Å². The van der Waals surface area contributed by atoms with Crippen LogP contribution in [0.4, 0.5) is 0 Å². The van der Waals surface area contributed by atoms with Crippen molar-refractivity contribution in [1.82, 2.24) is 20.5 Å². The molecule has 51 heavy (non-hydrogen) atoms. The summed E-state index contributed by atoms with van der Waals surface area (Å²) in [6.45, 7) is 4.37. The number of aromatic nitrogens is 1. The predicted molar refractivity (Wildman–Crippen MR) is 201 cm³/mol. The SMILES string of the molecule is C#CC[C@H](NC(=O)[C@@H](CC(=O)N(C)CCc1ccc2ccccc2n1)Cc1ccccc1)C(=O)N[C@@H](CC1CCCCC1)[C@@H](O)[C@@H](O)CC(C)C. The molecular weight excluding hydrogens is 640 g/mol. The van der Waals surface area contributed by atoms with Gasteiger partial charge in [0.25, 0.3) is 0 Å². The zero-order valence-corrected chi connectivity index (χ0v) is 30.5. The molecule has 0 aliphatic heterocycles. The monoisotopic (exact) mass is 696 g/mol. The molecule has 0 bridgehead atoms. The number of fused-ring (bicyclic) bond motifs is 1. The number of carbonyl (C=O) groups excluding carboxylic acids is 3. The normalized spacial score (nSPS) is 16.4. The fourth-order valence-electron chi connectivity index (χ4n) is 7.03. The molecule has 4 N–H and O–H groups in total. The summed E-state index contributed by atoms with van der Waals surface area (Å²) in [7, 11) is 1.72. The van der Waals surface area contributed by atoms with Crippen LogP contribution >= 0.6 is 0 Å². The number of amides is 3. The minimum atomic E-state index is -1.16. The van der Waals surface area contributed by atoms with Gasteiger partial charge in [0.2, 0.25) is 17.7 Å². The molecule has 9 heteroatoms. The summed E-state index contributed by atoms with van der Waals surface area (Å²) in [4.78, 5) is 47.6. The highest BCUT2D eigenvalue weighted by molar-refractivity contribution is 5.91. The number of para-hydroxylation sites is 1. The average Bonchev–Trinajstić information content (AvgIpc) is 3.13. The van der Waals surface area contributed by atoms with Gasteiger partial charge in [0.05, 0.1) is 23.6 Å². The fourth-order valence-corrected chi connectivity index (χ4v) is 7.03. The van der Waals surface area contributed by atoms with Crippen molar-refractivity contribution in [2.75, 3.05) is 13.6 Å². The summed E-state index contributed by atoms with van der Waals surface area (Å²) < 4.78 is 0. The van der Waals surface area contributed by atoms with E-state index in [1.54, 1.807) is 11.9 Å². The lowest BCUT2D eigenvalue weighted by molar-refractivity contribution is -0.136. The molecule has 3 aromatic rings. The van der Waals surface area contributed by atoms with E-state index in [1.165, 1.54) is 6.42 Å². The van der Waals surface area contributed by atoms with Crippen molar-refractivity contribution >= 4 is 28.6 Å². The molecule has 1 aliphatic carbocycles. The van der Waals surface area contributed by atoms with Gasteiger partial charge in [-0.3, -0.25) is 19.4 Å². The third kappa shape index (κ3) is 12.5. The van der Waals surface area contributed by atoms with Crippen LogP contribution in [0.15, 0.2) is 66.7 Å². The first-order chi connectivity index (χ1) is 24.5. The molecule has 4 rings (SSSR count). The number of likely N-dealkylation sites (N-methyl/N-ethyl adjacent to an activating group) is 1. The van der Waals surface area contributed by atoms with Crippen LogP contribution in [0.5, 0.6) is 0 Å². The van der Waals surface area contributed by atoms with Crippen LogP contribution < -0.4 is 10.6 Å². The highest BCUT2D eigenvalue weighted by atomic mass is 16.3. The van der Waals surface area contributed by atoms with E-state index in [0.29, 0.717) is 38.1 Å². The summed E-state index contributed by atoms with van der Waals surface area (Å²) in [5.41, 5.74) is 2.66. The zero-order valence-electron chi connectivity index (χ0n) is 30.5.